The topological polar surface area (TPSA) is 155 Å². The average molecular weight is 558 g/mol. The van der Waals surface area contributed by atoms with Gasteiger partial charge in [-0.1, -0.05) is 6.07 Å². The van der Waals surface area contributed by atoms with Crippen molar-refractivity contribution in [2.75, 3.05) is 20.6 Å². The number of carbonyl (C=O) groups is 3. The summed E-state index contributed by atoms with van der Waals surface area (Å²) in [6.45, 7) is 0.599. The molecule has 10 rings (SSSR count). The van der Waals surface area contributed by atoms with Crippen LogP contribution >= 0.6 is 0 Å². The van der Waals surface area contributed by atoms with Crippen molar-refractivity contribution in [2.24, 2.45) is 46.3 Å². The number of benzene rings is 1. The molecule has 0 bridgehead atoms. The van der Waals surface area contributed by atoms with Crippen molar-refractivity contribution in [3.05, 3.63) is 63.8 Å². The van der Waals surface area contributed by atoms with Crippen LogP contribution in [0.4, 0.5) is 4.39 Å². The monoisotopic (exact) mass is 557 g/mol. The molecule has 0 saturated heterocycles. The molecule has 41 heavy (non-hydrogen) atoms. The summed E-state index contributed by atoms with van der Waals surface area (Å²) >= 11 is 0. The Balaban J connectivity index is 0.923. The highest BCUT2D eigenvalue weighted by molar-refractivity contribution is 5.98. The average Bonchev–Trinajstić information content (AvgIpc) is 3.54. The van der Waals surface area contributed by atoms with E-state index in [4.69, 9.17) is 4.42 Å². The minimum atomic E-state index is -0.750. The molecular weight excluding hydrogens is 533 g/mol. The molecule has 6 saturated carbocycles. The highest BCUT2D eigenvalue weighted by atomic mass is 19.1. The van der Waals surface area contributed by atoms with Crippen molar-refractivity contribution in [1.82, 2.24) is 35.1 Å². The SMILES string of the molecule is CN(C)C(=O)C12C3C4C1C1C2C3C41CNC(=O)c1cc(C(=O)NCc2ccc3oc(=O)[nH]c3c2)nc2c(F)cnn12. The van der Waals surface area contributed by atoms with Crippen LogP contribution in [-0.4, -0.2) is 62.8 Å². The first-order valence-corrected chi connectivity index (χ1v) is 13.6. The third-order valence-electron chi connectivity index (χ3n) is 11.0. The summed E-state index contributed by atoms with van der Waals surface area (Å²) in [6, 6.07) is 6.30. The number of H-pyrrole nitrogens is 1. The van der Waals surface area contributed by atoms with Gasteiger partial charge in [-0.05, 0) is 58.6 Å². The Bertz CT molecular complexity index is 1900. The van der Waals surface area contributed by atoms with E-state index >= 15 is 0 Å². The molecule has 0 radical (unpaired) electrons. The number of rotatable bonds is 7. The summed E-state index contributed by atoms with van der Waals surface area (Å²) in [7, 11) is 3.65. The third-order valence-corrected chi connectivity index (χ3v) is 11.0. The Morgan fingerprint density at radius 1 is 1.07 bits per heavy atom. The molecular formula is C28H24FN7O5. The van der Waals surface area contributed by atoms with Gasteiger partial charge in [0, 0.05) is 33.3 Å². The summed E-state index contributed by atoms with van der Waals surface area (Å²) in [5, 5.41) is 9.72. The van der Waals surface area contributed by atoms with Crippen molar-refractivity contribution >= 4 is 34.5 Å². The first-order valence-electron chi connectivity index (χ1n) is 13.6. The molecule has 3 heterocycles. The fraction of sp³-hybridized carbons (Fsp3) is 0.429. The van der Waals surface area contributed by atoms with E-state index < -0.39 is 23.4 Å². The lowest BCUT2D eigenvalue weighted by Gasteiger charge is -3.10. The molecule has 0 atom stereocenters. The minimum absolute atomic E-state index is 0.0117. The van der Waals surface area contributed by atoms with Crippen LogP contribution in [0.15, 0.2) is 39.7 Å². The van der Waals surface area contributed by atoms with Crippen LogP contribution in [0.3, 0.4) is 0 Å². The highest BCUT2D eigenvalue weighted by Crippen LogP contribution is 3.10. The smallest absolute Gasteiger partial charge is 0.408 e. The Labute approximate surface area is 230 Å². The number of halogens is 1. The van der Waals surface area contributed by atoms with Gasteiger partial charge in [-0.15, -0.1) is 0 Å². The molecule has 12 nitrogen and oxygen atoms in total. The molecule has 6 aliphatic carbocycles. The van der Waals surface area contributed by atoms with E-state index in [-0.39, 0.29) is 40.3 Å². The number of nitrogens with one attached hydrogen (secondary N) is 3. The number of amides is 3. The van der Waals surface area contributed by atoms with Gasteiger partial charge in [0.2, 0.25) is 5.91 Å². The first kappa shape index (κ1) is 23.2. The third kappa shape index (κ3) is 2.33. The Kier molecular flexibility index (Phi) is 3.97. The van der Waals surface area contributed by atoms with E-state index in [0.29, 0.717) is 58.7 Å². The molecule has 1 aromatic carbocycles. The predicted octanol–water partition coefficient (Wildman–Crippen LogP) is 0.789. The lowest BCUT2D eigenvalue weighted by atomic mass is 8.92. The maximum Gasteiger partial charge on any atom is 0.417 e. The zero-order chi connectivity index (χ0) is 28.2. The lowest BCUT2D eigenvalue weighted by molar-refractivity contribution is -0.639. The van der Waals surface area contributed by atoms with Gasteiger partial charge >= 0.3 is 5.76 Å². The first-order chi connectivity index (χ1) is 19.7. The standard InChI is InChI=1S/C28H24FN7O5/c1-35(2)25(39)28-19-16-20(28)18-21(28)17(19)27(16,18)9-31-24(38)14-6-13(33-22-11(29)8-32-36(14)22)23(37)30-7-10-3-4-15-12(5-10)34-26(40)41-15/h3-6,8,16-21H,7,9H2,1-2H3,(H,30,37)(H,31,38)(H,34,40). The number of carbonyl (C=O) groups excluding carboxylic acids is 3. The van der Waals surface area contributed by atoms with E-state index in [1.807, 2.05) is 14.1 Å². The molecule has 6 aliphatic rings. The van der Waals surface area contributed by atoms with Gasteiger partial charge in [-0.3, -0.25) is 19.4 Å². The summed E-state index contributed by atoms with van der Waals surface area (Å²) in [5.41, 5.74) is 1.21. The molecule has 3 amide bonds. The molecule has 4 aromatic rings. The maximum atomic E-state index is 14.5. The number of hydrogen-bond acceptors (Lipinski definition) is 7. The summed E-state index contributed by atoms with van der Waals surface area (Å²) in [4.78, 5) is 59.1. The molecule has 6 fully saturated rings. The van der Waals surface area contributed by atoms with Crippen LogP contribution in [0.5, 0.6) is 0 Å². The highest BCUT2D eigenvalue weighted by Gasteiger charge is 3.11. The van der Waals surface area contributed by atoms with Gasteiger partial charge in [0.15, 0.2) is 17.0 Å². The van der Waals surface area contributed by atoms with E-state index in [1.165, 1.54) is 6.07 Å². The Morgan fingerprint density at radius 3 is 2.51 bits per heavy atom. The second-order valence-electron chi connectivity index (χ2n) is 12.4. The van der Waals surface area contributed by atoms with Gasteiger partial charge in [0.1, 0.15) is 11.4 Å². The quantitative estimate of drug-likeness (QED) is 0.304. The van der Waals surface area contributed by atoms with Crippen LogP contribution in [0.2, 0.25) is 0 Å². The number of aromatic nitrogens is 4. The van der Waals surface area contributed by atoms with E-state index in [2.05, 4.69) is 25.7 Å². The normalized spacial score (nSPS) is 34.0. The van der Waals surface area contributed by atoms with Crippen LogP contribution in [0.1, 0.15) is 26.5 Å². The molecule has 0 spiro atoms. The number of aromatic amines is 1. The fourth-order valence-corrected chi connectivity index (χ4v) is 9.84. The predicted molar refractivity (Wildman–Crippen MR) is 138 cm³/mol. The lowest BCUT2D eigenvalue weighted by Crippen LogP contribution is -3.12. The molecule has 3 aromatic heterocycles. The number of oxazole rings is 1. The van der Waals surface area contributed by atoms with Crippen molar-refractivity contribution < 1.29 is 23.2 Å². The van der Waals surface area contributed by atoms with Gasteiger partial charge in [-0.25, -0.2) is 18.7 Å². The second-order valence-corrected chi connectivity index (χ2v) is 12.4. The van der Waals surface area contributed by atoms with Crippen LogP contribution in [0, 0.1) is 52.2 Å². The molecule has 3 N–H and O–H groups in total. The van der Waals surface area contributed by atoms with Crippen molar-refractivity contribution in [2.45, 2.75) is 6.54 Å². The molecule has 0 aliphatic heterocycles. The van der Waals surface area contributed by atoms with E-state index in [1.54, 1.807) is 23.1 Å². The van der Waals surface area contributed by atoms with Gasteiger partial charge < -0.3 is 20.0 Å². The Hall–Kier alpha value is -4.55. The van der Waals surface area contributed by atoms with Crippen molar-refractivity contribution in [3.63, 3.8) is 0 Å². The summed E-state index contributed by atoms with van der Waals surface area (Å²) in [6.07, 6.45) is 0.960. The van der Waals surface area contributed by atoms with Gasteiger partial charge in [0.05, 0.1) is 17.1 Å². The van der Waals surface area contributed by atoms with Crippen LogP contribution in [-0.2, 0) is 11.3 Å². The number of nitrogens with zero attached hydrogens (tertiary/aromatic N) is 4. The van der Waals surface area contributed by atoms with Crippen LogP contribution < -0.4 is 16.4 Å². The Morgan fingerprint density at radius 2 is 1.80 bits per heavy atom. The molecule has 13 heteroatoms. The number of hydrogen-bond donors (Lipinski definition) is 3. The maximum absolute atomic E-state index is 14.5. The molecule has 208 valence electrons. The van der Waals surface area contributed by atoms with Crippen molar-refractivity contribution in [3.8, 4) is 0 Å². The van der Waals surface area contributed by atoms with Gasteiger partial charge in [-0.2, -0.15) is 5.10 Å². The van der Waals surface area contributed by atoms with Crippen molar-refractivity contribution in [1.29, 1.82) is 0 Å². The molecule has 0 unspecified atom stereocenters. The van der Waals surface area contributed by atoms with E-state index in [0.717, 1.165) is 10.7 Å². The fourth-order valence-electron chi connectivity index (χ4n) is 9.84. The van der Waals surface area contributed by atoms with Gasteiger partial charge in [0.25, 0.3) is 11.8 Å². The second kappa shape index (κ2) is 7.01. The van der Waals surface area contributed by atoms with Crippen LogP contribution in [0.25, 0.3) is 16.7 Å². The van der Waals surface area contributed by atoms with E-state index in [9.17, 15) is 23.6 Å². The summed E-state index contributed by atoms with van der Waals surface area (Å²) in [5.74, 6) is 0.713. The largest absolute Gasteiger partial charge is 0.417 e. The summed E-state index contributed by atoms with van der Waals surface area (Å²) < 4.78 is 20.6. The number of fused-ring (bicyclic) bond motifs is 2. The zero-order valence-electron chi connectivity index (χ0n) is 22.0. The zero-order valence-corrected chi connectivity index (χ0v) is 22.0. The minimum Gasteiger partial charge on any atom is -0.408 e.